The Labute approximate surface area is 109 Å². The van der Waals surface area contributed by atoms with Crippen molar-refractivity contribution in [2.45, 2.75) is 6.90 Å². The summed E-state index contributed by atoms with van der Waals surface area (Å²) in [5, 5.41) is 1.75. The molecule has 2 aromatic carbocycles. The Morgan fingerprint density at radius 1 is 1.11 bits per heavy atom. The predicted molar refractivity (Wildman–Crippen MR) is 66.2 cm³/mol. The van der Waals surface area contributed by atoms with Crippen molar-refractivity contribution in [1.82, 2.24) is 5.06 Å². The summed E-state index contributed by atoms with van der Waals surface area (Å²) in [7, 11) is 0. The van der Waals surface area contributed by atoms with Gasteiger partial charge in [-0.1, -0.05) is 29.3 Å². The Hall–Kier alpha value is -2.69. The number of carbonyl (C=O) groups excluding carboxylic acids is 3. The highest BCUT2D eigenvalue weighted by Crippen LogP contribution is 2.29. The van der Waals surface area contributed by atoms with Gasteiger partial charge in [-0.2, -0.15) is 0 Å². The van der Waals surface area contributed by atoms with E-state index >= 15 is 0 Å². The van der Waals surface area contributed by atoms with E-state index in [1.807, 2.05) is 0 Å². The highest BCUT2D eigenvalue weighted by Gasteiger charge is 2.35. The van der Waals surface area contributed by atoms with Crippen molar-refractivity contribution in [3.63, 3.8) is 0 Å². The van der Waals surface area contributed by atoms with Crippen molar-refractivity contribution >= 4 is 28.6 Å². The van der Waals surface area contributed by atoms with Crippen LogP contribution in [0, 0.1) is 0 Å². The number of hydrogen-bond donors (Lipinski definition) is 0. The Bertz CT molecular complexity index is 705. The summed E-state index contributed by atoms with van der Waals surface area (Å²) in [6.45, 7) is -0.664. The smallest absolute Gasteiger partial charge is 0.330 e. The molecule has 0 fully saturated rings. The molecule has 2 amide bonds. The van der Waals surface area contributed by atoms with Crippen LogP contribution in [-0.4, -0.2) is 22.8 Å². The molecule has 1 aliphatic rings. The van der Waals surface area contributed by atoms with E-state index in [-0.39, 0.29) is 0 Å². The quantitative estimate of drug-likeness (QED) is 0.731. The molecule has 1 aliphatic heterocycles. The van der Waals surface area contributed by atoms with Crippen LogP contribution < -0.4 is 0 Å². The van der Waals surface area contributed by atoms with E-state index < -0.39 is 24.7 Å². The first-order valence-corrected chi connectivity index (χ1v) is 5.54. The molecule has 19 heavy (non-hydrogen) atoms. The summed E-state index contributed by atoms with van der Waals surface area (Å²) in [5.74, 6) is -2.35. The van der Waals surface area contributed by atoms with E-state index in [9.17, 15) is 14.4 Å². The molecule has 0 atom stereocenters. The molecular formula is C14H9NO4. The molecule has 5 nitrogen and oxygen atoms in total. The maximum Gasteiger partial charge on any atom is 0.330 e. The molecule has 1 heterocycles. The van der Waals surface area contributed by atoms with Crippen molar-refractivity contribution in [2.75, 3.05) is 0 Å². The summed E-state index contributed by atoms with van der Waals surface area (Å²) in [6.07, 6.45) is 0. The number of imide groups is 1. The van der Waals surface area contributed by atoms with Gasteiger partial charge in [-0.25, -0.2) is 4.79 Å². The van der Waals surface area contributed by atoms with Crippen molar-refractivity contribution in [3.8, 4) is 0 Å². The minimum absolute atomic E-state index is 0.301. The first-order valence-electron chi connectivity index (χ1n) is 6.24. The zero-order chi connectivity index (χ0) is 14.3. The van der Waals surface area contributed by atoms with E-state index in [0.29, 0.717) is 21.6 Å². The molecule has 0 N–H and O–H groups in total. The van der Waals surface area contributed by atoms with Crippen LogP contribution >= 0.6 is 0 Å². The maximum atomic E-state index is 12.2. The second-order valence-corrected chi connectivity index (χ2v) is 4.08. The summed E-state index contributed by atoms with van der Waals surface area (Å²) in [5.41, 5.74) is 0.603. The average Bonchev–Trinajstić information content (AvgIpc) is 2.48. The van der Waals surface area contributed by atoms with Crippen LogP contribution in [0.5, 0.6) is 0 Å². The molecule has 0 unspecified atom stereocenters. The largest absolute Gasteiger partial charge is 0.330 e. The average molecular weight is 256 g/mol. The third-order valence-corrected chi connectivity index (χ3v) is 2.93. The van der Waals surface area contributed by atoms with Crippen LogP contribution in [-0.2, 0) is 9.63 Å². The van der Waals surface area contributed by atoms with E-state index in [2.05, 4.69) is 4.84 Å². The van der Waals surface area contributed by atoms with Gasteiger partial charge >= 0.3 is 5.97 Å². The third-order valence-electron chi connectivity index (χ3n) is 2.93. The Kier molecular flexibility index (Phi) is 2.11. The van der Waals surface area contributed by atoms with Crippen LogP contribution in [0.3, 0.4) is 0 Å². The van der Waals surface area contributed by atoms with Gasteiger partial charge in [-0.15, -0.1) is 0 Å². The number of nitrogens with zero attached hydrogens (tertiary/aromatic N) is 1. The van der Waals surface area contributed by atoms with Gasteiger partial charge in [0.15, 0.2) is 0 Å². The summed E-state index contributed by atoms with van der Waals surface area (Å²) in [6, 6.07) is 10.1. The molecule has 0 saturated heterocycles. The van der Waals surface area contributed by atoms with E-state index in [1.165, 1.54) is 0 Å². The van der Waals surface area contributed by atoms with Crippen LogP contribution in [0.15, 0.2) is 36.4 Å². The lowest BCUT2D eigenvalue weighted by molar-refractivity contribution is -0.166. The fourth-order valence-corrected chi connectivity index (χ4v) is 2.19. The minimum Gasteiger partial charge on any atom is -0.330 e. The molecule has 0 aromatic heterocycles. The summed E-state index contributed by atoms with van der Waals surface area (Å²) >= 11 is 0. The topological polar surface area (TPSA) is 63.7 Å². The number of carbonyl (C=O) groups is 3. The molecule has 0 bridgehead atoms. The zero-order valence-corrected chi connectivity index (χ0v) is 9.75. The lowest BCUT2D eigenvalue weighted by Gasteiger charge is -2.24. The lowest BCUT2D eigenvalue weighted by atomic mass is 9.95. The zero-order valence-electron chi connectivity index (χ0n) is 10.8. The van der Waals surface area contributed by atoms with Crippen LogP contribution in [0.25, 0.3) is 10.8 Å². The van der Waals surface area contributed by atoms with Gasteiger partial charge in [-0.05, 0) is 17.5 Å². The van der Waals surface area contributed by atoms with Crippen molar-refractivity contribution < 1.29 is 20.6 Å². The molecule has 0 saturated carbocycles. The normalized spacial score (nSPS) is 14.5. The Morgan fingerprint density at radius 3 is 2.21 bits per heavy atom. The summed E-state index contributed by atoms with van der Waals surface area (Å²) in [4.78, 5) is 40.3. The second-order valence-electron chi connectivity index (χ2n) is 4.08. The number of rotatable bonds is 1. The van der Waals surface area contributed by atoms with Crippen molar-refractivity contribution in [3.05, 3.63) is 47.5 Å². The first kappa shape index (κ1) is 10.3. The van der Waals surface area contributed by atoms with Crippen LogP contribution in [0.4, 0.5) is 0 Å². The number of hydroxylamine groups is 2. The Morgan fingerprint density at radius 2 is 1.68 bits per heavy atom. The fourth-order valence-electron chi connectivity index (χ4n) is 2.19. The third kappa shape index (κ3) is 1.59. The van der Waals surface area contributed by atoms with E-state index in [0.717, 1.165) is 5.39 Å². The molecule has 0 aliphatic carbocycles. The predicted octanol–water partition coefficient (Wildman–Crippen LogP) is 1.91. The number of hydrogen-bond acceptors (Lipinski definition) is 4. The molecule has 3 rings (SSSR count). The van der Waals surface area contributed by atoms with Crippen molar-refractivity contribution in [1.29, 1.82) is 0 Å². The van der Waals surface area contributed by atoms with Gasteiger partial charge < -0.3 is 4.84 Å². The second kappa shape index (κ2) is 3.91. The molecule has 2 aromatic rings. The van der Waals surface area contributed by atoms with Crippen LogP contribution in [0.1, 0.15) is 29.0 Å². The van der Waals surface area contributed by atoms with Gasteiger partial charge in [-0.3, -0.25) is 9.59 Å². The summed E-state index contributed by atoms with van der Waals surface area (Å²) < 4.78 is 6.89. The minimum atomic E-state index is -0.960. The molecule has 0 radical (unpaired) electrons. The molecular weight excluding hydrogens is 246 g/mol. The standard InChI is InChI=1S/C14H9NO4/c1-8(16)19-15-13(17)10-6-2-4-9-5-3-7-11(12(9)10)14(15)18/h2-7H,1H3/i1D. The number of amides is 2. The SMILES string of the molecule is [2H]CC(=O)ON1C(=O)c2cccc3cccc(c23)C1=O. The van der Waals surface area contributed by atoms with Gasteiger partial charge in [0, 0.05) is 13.7 Å². The Balaban J connectivity index is 2.19. The molecule has 0 spiro atoms. The maximum absolute atomic E-state index is 12.2. The lowest BCUT2D eigenvalue weighted by Crippen LogP contribution is -2.41. The van der Waals surface area contributed by atoms with Gasteiger partial charge in [0.25, 0.3) is 11.8 Å². The highest BCUT2D eigenvalue weighted by molar-refractivity contribution is 6.25. The highest BCUT2D eigenvalue weighted by atomic mass is 16.7. The van der Waals surface area contributed by atoms with Gasteiger partial charge in [0.05, 0.1) is 11.1 Å². The van der Waals surface area contributed by atoms with Crippen molar-refractivity contribution in [2.24, 2.45) is 0 Å². The van der Waals surface area contributed by atoms with E-state index in [1.54, 1.807) is 36.4 Å². The fraction of sp³-hybridized carbons (Fsp3) is 0.0714. The van der Waals surface area contributed by atoms with Gasteiger partial charge in [0.1, 0.15) is 0 Å². The monoisotopic (exact) mass is 256 g/mol. The van der Waals surface area contributed by atoms with Gasteiger partial charge in [0.2, 0.25) is 0 Å². The molecule has 94 valence electrons. The first-order chi connectivity index (χ1) is 9.63. The van der Waals surface area contributed by atoms with E-state index in [4.69, 9.17) is 1.37 Å². The van der Waals surface area contributed by atoms with Crippen LogP contribution in [0.2, 0.25) is 0 Å². The number of benzene rings is 2. The molecule has 5 heteroatoms.